The highest BCUT2D eigenvalue weighted by atomic mass is 79.9. The topological polar surface area (TPSA) is 61.7 Å². The third-order valence-electron chi connectivity index (χ3n) is 3.03. The third kappa shape index (κ3) is 3.87. The average molecular weight is 382 g/mol. The molecule has 114 valence electrons. The number of hydrogen-bond acceptors (Lipinski definition) is 3. The summed E-state index contributed by atoms with van der Waals surface area (Å²) in [7, 11) is 0. The quantitative estimate of drug-likeness (QED) is 0.618. The second-order valence-corrected chi connectivity index (χ2v) is 6.17. The lowest BCUT2D eigenvalue weighted by molar-refractivity contribution is 0.0955. The van der Waals surface area contributed by atoms with Crippen molar-refractivity contribution in [3.63, 3.8) is 0 Å². The van der Waals surface area contributed by atoms with Crippen molar-refractivity contribution in [3.8, 4) is 5.75 Å². The van der Waals surface area contributed by atoms with Crippen LogP contribution in [0.25, 0.3) is 0 Å². The minimum Gasteiger partial charge on any atom is -0.507 e. The number of hydrazone groups is 1. The Morgan fingerprint density at radius 3 is 2.73 bits per heavy atom. The van der Waals surface area contributed by atoms with E-state index in [1.807, 2.05) is 6.92 Å². The van der Waals surface area contributed by atoms with Crippen LogP contribution < -0.4 is 5.43 Å². The molecule has 0 aliphatic carbocycles. The van der Waals surface area contributed by atoms with Crippen molar-refractivity contribution in [2.45, 2.75) is 13.8 Å². The number of rotatable bonds is 3. The van der Waals surface area contributed by atoms with Gasteiger partial charge in [-0.3, -0.25) is 4.79 Å². The van der Waals surface area contributed by atoms with Crippen molar-refractivity contribution >= 4 is 39.7 Å². The maximum Gasteiger partial charge on any atom is 0.272 e. The molecule has 1 amide bonds. The van der Waals surface area contributed by atoms with Gasteiger partial charge in [0.05, 0.1) is 16.8 Å². The summed E-state index contributed by atoms with van der Waals surface area (Å²) in [6, 6.07) is 8.65. The molecule has 0 unspecified atom stereocenters. The van der Waals surface area contributed by atoms with Gasteiger partial charge >= 0.3 is 0 Å². The van der Waals surface area contributed by atoms with Gasteiger partial charge in [0.1, 0.15) is 5.75 Å². The molecule has 0 aromatic heterocycles. The Kier molecular flexibility index (Phi) is 5.21. The van der Waals surface area contributed by atoms with Crippen LogP contribution in [0.5, 0.6) is 5.75 Å². The number of nitrogens with zero attached hydrogens (tertiary/aromatic N) is 1. The molecule has 0 saturated carbocycles. The minimum absolute atomic E-state index is 0.120. The summed E-state index contributed by atoms with van der Waals surface area (Å²) < 4.78 is 0.817. The van der Waals surface area contributed by atoms with Crippen LogP contribution in [0.2, 0.25) is 5.02 Å². The van der Waals surface area contributed by atoms with E-state index in [-0.39, 0.29) is 5.75 Å². The molecule has 0 aliphatic rings. The van der Waals surface area contributed by atoms with E-state index >= 15 is 0 Å². The molecule has 0 radical (unpaired) electrons. The van der Waals surface area contributed by atoms with Crippen LogP contribution in [0.4, 0.5) is 0 Å². The first-order valence-electron chi connectivity index (χ1n) is 6.47. The first-order chi connectivity index (χ1) is 10.4. The fourth-order valence-corrected chi connectivity index (χ4v) is 2.80. The predicted molar refractivity (Wildman–Crippen MR) is 91.8 cm³/mol. The van der Waals surface area contributed by atoms with Crippen LogP contribution >= 0.6 is 27.5 Å². The molecule has 2 N–H and O–H groups in total. The van der Waals surface area contributed by atoms with Crippen molar-refractivity contribution in [2.75, 3.05) is 0 Å². The minimum atomic E-state index is -0.410. The van der Waals surface area contributed by atoms with Crippen LogP contribution in [-0.2, 0) is 0 Å². The van der Waals surface area contributed by atoms with Gasteiger partial charge in [-0.2, -0.15) is 5.10 Å². The van der Waals surface area contributed by atoms with Crippen molar-refractivity contribution in [3.05, 3.63) is 62.1 Å². The lowest BCUT2D eigenvalue weighted by atomic mass is 10.1. The van der Waals surface area contributed by atoms with E-state index in [4.69, 9.17) is 11.6 Å². The molecule has 0 saturated heterocycles. The number of carbonyl (C=O) groups excluding carboxylic acids is 1. The van der Waals surface area contributed by atoms with E-state index in [0.29, 0.717) is 21.7 Å². The van der Waals surface area contributed by atoms with E-state index in [1.165, 1.54) is 6.21 Å². The zero-order chi connectivity index (χ0) is 16.3. The zero-order valence-corrected chi connectivity index (χ0v) is 14.4. The summed E-state index contributed by atoms with van der Waals surface area (Å²) in [5.41, 5.74) is 4.93. The number of amides is 1. The SMILES string of the molecule is Cc1ccc(C(=O)N/N=C\c2cc(Br)cc(C)c2O)c(Cl)c1. The van der Waals surface area contributed by atoms with Gasteiger partial charge in [0.2, 0.25) is 0 Å². The lowest BCUT2D eigenvalue weighted by Crippen LogP contribution is -2.18. The van der Waals surface area contributed by atoms with Gasteiger partial charge in [-0.25, -0.2) is 5.43 Å². The molecule has 0 atom stereocenters. The first kappa shape index (κ1) is 16.5. The average Bonchev–Trinajstić information content (AvgIpc) is 2.43. The van der Waals surface area contributed by atoms with Crippen LogP contribution in [0.15, 0.2) is 39.9 Å². The Labute approximate surface area is 141 Å². The van der Waals surface area contributed by atoms with Crippen LogP contribution in [0.1, 0.15) is 27.0 Å². The number of phenols is 1. The number of hydrogen-bond donors (Lipinski definition) is 2. The number of carbonyl (C=O) groups is 1. The number of nitrogens with one attached hydrogen (secondary N) is 1. The normalized spacial score (nSPS) is 10.9. The highest BCUT2D eigenvalue weighted by Crippen LogP contribution is 2.25. The molecule has 0 spiro atoms. The number of aryl methyl sites for hydroxylation is 2. The van der Waals surface area contributed by atoms with Crippen LogP contribution in [0.3, 0.4) is 0 Å². The molecule has 2 aromatic rings. The van der Waals surface area contributed by atoms with Gasteiger partial charge < -0.3 is 5.11 Å². The van der Waals surface area contributed by atoms with Crippen molar-refractivity contribution in [2.24, 2.45) is 5.10 Å². The fraction of sp³-hybridized carbons (Fsp3) is 0.125. The highest BCUT2D eigenvalue weighted by molar-refractivity contribution is 9.10. The highest BCUT2D eigenvalue weighted by Gasteiger charge is 2.09. The van der Waals surface area contributed by atoms with Gasteiger partial charge in [-0.05, 0) is 49.2 Å². The van der Waals surface area contributed by atoms with Gasteiger partial charge in [0.15, 0.2) is 0 Å². The van der Waals surface area contributed by atoms with E-state index in [1.54, 1.807) is 37.3 Å². The number of halogens is 2. The molecule has 0 aliphatic heterocycles. The third-order valence-corrected chi connectivity index (χ3v) is 3.80. The lowest BCUT2D eigenvalue weighted by Gasteiger charge is -2.05. The van der Waals surface area contributed by atoms with Gasteiger partial charge in [-0.15, -0.1) is 0 Å². The zero-order valence-electron chi connectivity index (χ0n) is 12.0. The summed E-state index contributed by atoms with van der Waals surface area (Å²) in [5.74, 6) is -0.290. The van der Waals surface area contributed by atoms with Crippen molar-refractivity contribution < 1.29 is 9.90 Å². The Bertz CT molecular complexity index is 760. The molecule has 22 heavy (non-hydrogen) atoms. The maximum absolute atomic E-state index is 12.0. The largest absolute Gasteiger partial charge is 0.507 e. The molecule has 4 nitrogen and oxygen atoms in total. The summed E-state index contributed by atoms with van der Waals surface area (Å²) in [6.45, 7) is 3.67. The number of benzene rings is 2. The summed E-state index contributed by atoms with van der Waals surface area (Å²) >= 11 is 9.37. The van der Waals surface area contributed by atoms with Crippen LogP contribution in [-0.4, -0.2) is 17.2 Å². The molecule has 0 bridgehead atoms. The van der Waals surface area contributed by atoms with Crippen LogP contribution in [0, 0.1) is 13.8 Å². The Morgan fingerprint density at radius 1 is 1.32 bits per heavy atom. The summed E-state index contributed by atoms with van der Waals surface area (Å²) in [6.07, 6.45) is 1.38. The van der Waals surface area contributed by atoms with E-state index in [0.717, 1.165) is 10.0 Å². The second-order valence-electron chi connectivity index (χ2n) is 4.84. The van der Waals surface area contributed by atoms with Gasteiger partial charge in [0.25, 0.3) is 5.91 Å². The molecule has 6 heteroatoms. The molecule has 2 rings (SSSR count). The van der Waals surface area contributed by atoms with Crippen molar-refractivity contribution in [1.82, 2.24) is 5.43 Å². The van der Waals surface area contributed by atoms with Gasteiger partial charge in [0, 0.05) is 10.0 Å². The monoisotopic (exact) mass is 380 g/mol. The second kappa shape index (κ2) is 6.94. The fourth-order valence-electron chi connectivity index (χ4n) is 1.88. The molecule has 0 heterocycles. The first-order valence-corrected chi connectivity index (χ1v) is 7.64. The van der Waals surface area contributed by atoms with Crippen molar-refractivity contribution in [1.29, 1.82) is 0 Å². The van der Waals surface area contributed by atoms with E-state index in [9.17, 15) is 9.90 Å². The smallest absolute Gasteiger partial charge is 0.272 e. The molecular formula is C16H14BrClN2O2. The van der Waals surface area contributed by atoms with E-state index in [2.05, 4.69) is 26.5 Å². The summed E-state index contributed by atoms with van der Waals surface area (Å²) in [4.78, 5) is 12.0. The van der Waals surface area contributed by atoms with E-state index < -0.39 is 5.91 Å². The summed E-state index contributed by atoms with van der Waals surface area (Å²) in [5, 5.41) is 14.2. The number of aromatic hydroxyl groups is 1. The predicted octanol–water partition coefficient (Wildman–Crippen LogP) is 4.19. The van der Waals surface area contributed by atoms with Gasteiger partial charge in [-0.1, -0.05) is 33.6 Å². The Balaban J connectivity index is 2.14. The number of phenolic OH excluding ortho intramolecular Hbond substituents is 1. The molecule has 2 aromatic carbocycles. The maximum atomic E-state index is 12.0. The molecular weight excluding hydrogens is 368 g/mol. The Morgan fingerprint density at radius 2 is 2.05 bits per heavy atom. The molecule has 0 fully saturated rings. The Hall–Kier alpha value is -1.85. The standard InChI is InChI=1S/C16H14BrClN2O2/c1-9-3-4-13(14(18)5-9)16(22)20-19-8-11-7-12(17)6-10(2)15(11)21/h3-8,21H,1-2H3,(H,20,22)/b19-8-.